The van der Waals surface area contributed by atoms with Crippen molar-refractivity contribution in [2.45, 2.75) is 58.4 Å². The molecule has 4 heteroatoms. The first kappa shape index (κ1) is 20.2. The molecule has 1 aliphatic heterocycles. The number of amides is 1. The largest absolute Gasteiger partial charge is 0.335 e. The molecule has 0 N–H and O–H groups in total. The molecule has 3 rings (SSSR count). The normalized spacial score (nSPS) is 17.2. The second-order valence-corrected chi connectivity index (χ2v) is 8.13. The molecule has 0 saturated carbocycles. The van der Waals surface area contributed by atoms with E-state index in [1.54, 1.807) is 0 Å². The Morgan fingerprint density at radius 2 is 1.63 bits per heavy atom. The van der Waals surface area contributed by atoms with Crippen molar-refractivity contribution in [3.05, 3.63) is 68.7 Å². The first-order chi connectivity index (χ1) is 13.0. The minimum absolute atomic E-state index is 0.0843. The SMILES string of the molecule is CCc1cc(CC)cc(CC(=O)N2CCCCC2c2ccc(Cl)c(Cl)c2)c1. The molecule has 1 atom stereocenters. The summed E-state index contributed by atoms with van der Waals surface area (Å²) in [7, 11) is 0. The van der Waals surface area contributed by atoms with E-state index in [2.05, 4.69) is 32.0 Å². The molecule has 0 aliphatic carbocycles. The predicted molar refractivity (Wildman–Crippen MR) is 114 cm³/mol. The Balaban J connectivity index is 1.82. The third-order valence-electron chi connectivity index (χ3n) is 5.44. The van der Waals surface area contributed by atoms with Crippen LogP contribution in [0, 0.1) is 0 Å². The van der Waals surface area contributed by atoms with E-state index < -0.39 is 0 Å². The smallest absolute Gasteiger partial charge is 0.227 e. The molecule has 0 spiro atoms. The molecule has 1 heterocycles. The van der Waals surface area contributed by atoms with Crippen molar-refractivity contribution in [2.24, 2.45) is 0 Å². The van der Waals surface area contributed by atoms with Crippen LogP contribution in [0.3, 0.4) is 0 Å². The van der Waals surface area contributed by atoms with E-state index >= 15 is 0 Å². The lowest BCUT2D eigenvalue weighted by Gasteiger charge is -2.36. The van der Waals surface area contributed by atoms with Crippen molar-refractivity contribution in [1.82, 2.24) is 4.90 Å². The Morgan fingerprint density at radius 3 is 2.26 bits per heavy atom. The van der Waals surface area contributed by atoms with Gasteiger partial charge in [-0.15, -0.1) is 0 Å². The standard InChI is InChI=1S/C23H27Cl2NO/c1-3-16-11-17(4-2)13-18(12-16)14-23(27)26-10-6-5-7-22(26)19-8-9-20(24)21(25)15-19/h8-9,11-13,15,22H,3-7,10,14H2,1-2H3. The maximum Gasteiger partial charge on any atom is 0.227 e. The van der Waals surface area contributed by atoms with Crippen molar-refractivity contribution in [3.8, 4) is 0 Å². The first-order valence-corrected chi connectivity index (χ1v) is 10.6. The van der Waals surface area contributed by atoms with Gasteiger partial charge in [-0.2, -0.15) is 0 Å². The minimum Gasteiger partial charge on any atom is -0.335 e. The lowest BCUT2D eigenvalue weighted by molar-refractivity contribution is -0.134. The van der Waals surface area contributed by atoms with Crippen LogP contribution in [0.5, 0.6) is 0 Å². The number of halogens is 2. The number of hydrogen-bond acceptors (Lipinski definition) is 1. The van der Waals surface area contributed by atoms with Gasteiger partial charge in [0.15, 0.2) is 0 Å². The summed E-state index contributed by atoms with van der Waals surface area (Å²) in [5, 5.41) is 1.10. The summed E-state index contributed by atoms with van der Waals surface area (Å²) in [6.45, 7) is 5.12. The number of carbonyl (C=O) groups excluding carboxylic acids is 1. The van der Waals surface area contributed by atoms with Gasteiger partial charge in [-0.25, -0.2) is 0 Å². The second-order valence-electron chi connectivity index (χ2n) is 7.31. The van der Waals surface area contributed by atoms with E-state index in [4.69, 9.17) is 23.2 Å². The van der Waals surface area contributed by atoms with Crippen molar-refractivity contribution in [3.63, 3.8) is 0 Å². The molecule has 1 unspecified atom stereocenters. The van der Waals surface area contributed by atoms with Crippen LogP contribution < -0.4 is 0 Å². The van der Waals surface area contributed by atoms with E-state index in [1.165, 1.54) is 11.1 Å². The molecule has 1 aliphatic rings. The number of nitrogens with zero attached hydrogens (tertiary/aromatic N) is 1. The third-order valence-corrected chi connectivity index (χ3v) is 6.17. The molecule has 144 valence electrons. The summed E-state index contributed by atoms with van der Waals surface area (Å²) in [6, 6.07) is 12.4. The van der Waals surface area contributed by atoms with E-state index in [0.717, 1.165) is 49.8 Å². The maximum atomic E-state index is 13.2. The number of aryl methyl sites for hydroxylation is 2. The van der Waals surface area contributed by atoms with E-state index in [0.29, 0.717) is 16.5 Å². The Kier molecular flexibility index (Phi) is 6.83. The van der Waals surface area contributed by atoms with Gasteiger partial charge in [0.1, 0.15) is 0 Å². The monoisotopic (exact) mass is 403 g/mol. The number of benzene rings is 2. The fourth-order valence-corrected chi connectivity index (χ4v) is 4.23. The molecular weight excluding hydrogens is 377 g/mol. The van der Waals surface area contributed by atoms with Gasteiger partial charge in [0.2, 0.25) is 5.91 Å². The van der Waals surface area contributed by atoms with Crippen LogP contribution in [-0.2, 0) is 24.1 Å². The second kappa shape index (κ2) is 9.12. The van der Waals surface area contributed by atoms with Crippen LogP contribution in [0.1, 0.15) is 61.4 Å². The quantitative estimate of drug-likeness (QED) is 0.564. The lowest BCUT2D eigenvalue weighted by Crippen LogP contribution is -2.39. The Morgan fingerprint density at radius 1 is 0.963 bits per heavy atom. The average molecular weight is 404 g/mol. The first-order valence-electron chi connectivity index (χ1n) is 9.88. The molecule has 2 aromatic carbocycles. The number of carbonyl (C=O) groups is 1. The van der Waals surface area contributed by atoms with Crippen LogP contribution in [-0.4, -0.2) is 17.4 Å². The fourth-order valence-electron chi connectivity index (χ4n) is 3.92. The summed E-state index contributed by atoms with van der Waals surface area (Å²) in [4.78, 5) is 15.2. The van der Waals surface area contributed by atoms with Gasteiger partial charge in [0, 0.05) is 6.54 Å². The average Bonchev–Trinajstić information content (AvgIpc) is 2.69. The van der Waals surface area contributed by atoms with Crippen molar-refractivity contribution >= 4 is 29.1 Å². The summed E-state index contributed by atoms with van der Waals surface area (Å²) in [5.41, 5.74) is 4.80. The van der Waals surface area contributed by atoms with E-state index in [9.17, 15) is 4.79 Å². The van der Waals surface area contributed by atoms with Crippen LogP contribution in [0.2, 0.25) is 10.0 Å². The van der Waals surface area contributed by atoms with Gasteiger partial charge in [-0.05, 0) is 66.5 Å². The van der Waals surface area contributed by atoms with Crippen molar-refractivity contribution in [1.29, 1.82) is 0 Å². The van der Waals surface area contributed by atoms with Crippen molar-refractivity contribution < 1.29 is 4.79 Å². The van der Waals surface area contributed by atoms with Gasteiger partial charge in [-0.1, -0.05) is 61.3 Å². The van der Waals surface area contributed by atoms with Crippen LogP contribution in [0.4, 0.5) is 0 Å². The maximum absolute atomic E-state index is 13.2. The molecule has 0 bridgehead atoms. The fraction of sp³-hybridized carbons (Fsp3) is 0.435. The lowest BCUT2D eigenvalue weighted by atomic mass is 9.94. The summed E-state index contributed by atoms with van der Waals surface area (Å²) >= 11 is 12.3. The summed E-state index contributed by atoms with van der Waals surface area (Å²) in [5.74, 6) is 0.195. The molecule has 0 radical (unpaired) electrons. The Labute approximate surface area is 172 Å². The number of rotatable bonds is 5. The third kappa shape index (κ3) is 4.86. The number of piperidine rings is 1. The van der Waals surface area contributed by atoms with E-state index in [1.807, 2.05) is 23.1 Å². The van der Waals surface area contributed by atoms with Gasteiger partial charge < -0.3 is 4.90 Å². The van der Waals surface area contributed by atoms with Gasteiger partial charge >= 0.3 is 0 Å². The molecular formula is C23H27Cl2NO. The topological polar surface area (TPSA) is 20.3 Å². The van der Waals surface area contributed by atoms with Gasteiger partial charge in [0.05, 0.1) is 22.5 Å². The van der Waals surface area contributed by atoms with Crippen LogP contribution in [0.15, 0.2) is 36.4 Å². The number of likely N-dealkylation sites (tertiary alicyclic amines) is 1. The van der Waals surface area contributed by atoms with Crippen molar-refractivity contribution in [2.75, 3.05) is 6.54 Å². The van der Waals surface area contributed by atoms with Gasteiger partial charge in [-0.3, -0.25) is 4.79 Å². The Bertz CT molecular complexity index is 796. The van der Waals surface area contributed by atoms with Crippen LogP contribution in [0.25, 0.3) is 0 Å². The predicted octanol–water partition coefficient (Wildman–Crippen LogP) is 6.41. The van der Waals surface area contributed by atoms with E-state index in [-0.39, 0.29) is 11.9 Å². The highest BCUT2D eigenvalue weighted by atomic mass is 35.5. The molecule has 2 nitrogen and oxygen atoms in total. The molecule has 1 amide bonds. The molecule has 2 aromatic rings. The highest BCUT2D eigenvalue weighted by Gasteiger charge is 2.28. The highest BCUT2D eigenvalue weighted by Crippen LogP contribution is 2.34. The molecule has 27 heavy (non-hydrogen) atoms. The zero-order chi connectivity index (χ0) is 19.4. The molecule has 1 fully saturated rings. The minimum atomic E-state index is 0.0843. The van der Waals surface area contributed by atoms with Crippen LogP contribution >= 0.6 is 23.2 Å². The van der Waals surface area contributed by atoms with Gasteiger partial charge in [0.25, 0.3) is 0 Å². The molecule has 0 aromatic heterocycles. The zero-order valence-electron chi connectivity index (χ0n) is 16.1. The highest BCUT2D eigenvalue weighted by molar-refractivity contribution is 6.42. The zero-order valence-corrected chi connectivity index (χ0v) is 17.6. The number of hydrogen-bond donors (Lipinski definition) is 0. The summed E-state index contributed by atoms with van der Waals surface area (Å²) < 4.78 is 0. The summed E-state index contributed by atoms with van der Waals surface area (Å²) in [6.07, 6.45) is 5.59. The molecule has 1 saturated heterocycles. The Hall–Kier alpha value is -1.51.